The summed E-state index contributed by atoms with van der Waals surface area (Å²) in [6, 6.07) is 13.2. The number of aryl methyl sites for hydroxylation is 1. The highest BCUT2D eigenvalue weighted by molar-refractivity contribution is 7.13. The van der Waals surface area contributed by atoms with Gasteiger partial charge in [0.15, 0.2) is 0 Å². The molecule has 4 heterocycles. The Morgan fingerprint density at radius 2 is 1.79 bits per heavy atom. The maximum atomic E-state index is 13.0. The van der Waals surface area contributed by atoms with E-state index in [1.165, 1.54) is 23.7 Å². The third-order valence-corrected chi connectivity index (χ3v) is 6.74. The SMILES string of the molecule is Cn1c(=O)[nH]c(=O)c2ccc(C(=O)N3CCN(Cc4csc(-c5ccccc5)n4)CC3)nc21. The molecule has 1 fully saturated rings. The van der Waals surface area contributed by atoms with Crippen LogP contribution in [0, 0.1) is 0 Å². The number of benzene rings is 1. The lowest BCUT2D eigenvalue weighted by Crippen LogP contribution is -2.48. The number of rotatable bonds is 4. The fourth-order valence-corrected chi connectivity index (χ4v) is 4.76. The molecule has 0 radical (unpaired) electrons. The van der Waals surface area contributed by atoms with Crippen LogP contribution in [0.15, 0.2) is 57.4 Å². The number of amides is 1. The van der Waals surface area contributed by atoms with E-state index in [-0.39, 0.29) is 22.6 Å². The van der Waals surface area contributed by atoms with Crippen LogP contribution in [0.25, 0.3) is 21.6 Å². The highest BCUT2D eigenvalue weighted by Crippen LogP contribution is 2.24. The minimum Gasteiger partial charge on any atom is -0.335 e. The van der Waals surface area contributed by atoms with Gasteiger partial charge >= 0.3 is 5.69 Å². The molecular weight excluding hydrogens is 440 g/mol. The maximum Gasteiger partial charge on any atom is 0.329 e. The summed E-state index contributed by atoms with van der Waals surface area (Å²) in [5, 5.41) is 3.37. The second-order valence-electron chi connectivity index (χ2n) is 7.96. The lowest BCUT2D eigenvalue weighted by Gasteiger charge is -2.34. The number of nitrogens with one attached hydrogen (secondary N) is 1. The first-order valence-corrected chi connectivity index (χ1v) is 11.5. The van der Waals surface area contributed by atoms with E-state index in [4.69, 9.17) is 4.98 Å². The zero-order chi connectivity index (χ0) is 22.9. The Bertz CT molecular complexity index is 1430. The number of hydrogen-bond acceptors (Lipinski definition) is 7. The van der Waals surface area contributed by atoms with Crippen LogP contribution in [0.4, 0.5) is 0 Å². The molecule has 9 nitrogen and oxygen atoms in total. The minimum atomic E-state index is -0.560. The van der Waals surface area contributed by atoms with Gasteiger partial charge in [0.1, 0.15) is 16.3 Å². The van der Waals surface area contributed by atoms with E-state index in [1.54, 1.807) is 16.2 Å². The number of pyridine rings is 1. The van der Waals surface area contributed by atoms with Crippen LogP contribution in [-0.4, -0.2) is 61.4 Å². The molecule has 0 bridgehead atoms. The fourth-order valence-electron chi connectivity index (χ4n) is 3.94. The number of aromatic nitrogens is 4. The molecule has 33 heavy (non-hydrogen) atoms. The molecule has 1 saturated heterocycles. The highest BCUT2D eigenvalue weighted by Gasteiger charge is 2.24. The van der Waals surface area contributed by atoms with Crippen molar-refractivity contribution in [3.63, 3.8) is 0 Å². The number of fused-ring (bicyclic) bond motifs is 1. The predicted octanol–water partition coefficient (Wildman–Crippen LogP) is 1.70. The summed E-state index contributed by atoms with van der Waals surface area (Å²) in [6.45, 7) is 3.35. The monoisotopic (exact) mass is 462 g/mol. The molecule has 1 aromatic carbocycles. The summed E-state index contributed by atoms with van der Waals surface area (Å²) in [4.78, 5) is 52.2. The zero-order valence-corrected chi connectivity index (χ0v) is 18.8. The predicted molar refractivity (Wildman–Crippen MR) is 126 cm³/mol. The van der Waals surface area contributed by atoms with E-state index in [0.717, 1.165) is 35.9 Å². The molecule has 10 heteroatoms. The van der Waals surface area contributed by atoms with E-state index in [1.807, 2.05) is 18.2 Å². The number of thiazole rings is 1. The number of carbonyl (C=O) groups excluding carboxylic acids is 1. The summed E-state index contributed by atoms with van der Waals surface area (Å²) in [5.41, 5.74) is 1.50. The van der Waals surface area contributed by atoms with Gasteiger partial charge in [-0.25, -0.2) is 14.8 Å². The van der Waals surface area contributed by atoms with Crippen molar-refractivity contribution in [3.05, 3.63) is 80.1 Å². The zero-order valence-electron chi connectivity index (χ0n) is 18.0. The second-order valence-corrected chi connectivity index (χ2v) is 8.82. The molecule has 4 aromatic rings. The topological polar surface area (TPSA) is 104 Å². The summed E-state index contributed by atoms with van der Waals surface area (Å²) in [5.74, 6) is -0.204. The number of hydrogen-bond donors (Lipinski definition) is 1. The molecule has 1 aliphatic heterocycles. The molecule has 1 aliphatic rings. The van der Waals surface area contributed by atoms with E-state index in [0.29, 0.717) is 13.1 Å². The van der Waals surface area contributed by atoms with E-state index in [2.05, 4.69) is 32.4 Å². The first kappa shape index (κ1) is 21.2. The van der Waals surface area contributed by atoms with Gasteiger partial charge in [-0.1, -0.05) is 30.3 Å². The fraction of sp³-hybridized carbons (Fsp3) is 0.261. The molecular formula is C23H22N6O3S. The van der Waals surface area contributed by atoms with Gasteiger partial charge in [-0.3, -0.25) is 24.0 Å². The standard InChI is InChI=1S/C23H22N6O3S/c1-27-19-17(20(30)26-23(27)32)7-8-18(25-19)22(31)29-11-9-28(10-12-29)13-16-14-33-21(24-16)15-5-3-2-4-6-15/h2-8,14H,9-13H2,1H3,(H,26,30,32). The molecule has 0 aliphatic carbocycles. The average Bonchev–Trinajstić information content (AvgIpc) is 3.31. The van der Waals surface area contributed by atoms with Crippen LogP contribution in [0.1, 0.15) is 16.2 Å². The Balaban J connectivity index is 1.24. The van der Waals surface area contributed by atoms with Crippen molar-refractivity contribution < 1.29 is 4.79 Å². The van der Waals surface area contributed by atoms with E-state index < -0.39 is 11.2 Å². The Kier molecular flexibility index (Phi) is 5.61. The van der Waals surface area contributed by atoms with Gasteiger partial charge in [0.25, 0.3) is 11.5 Å². The number of carbonyl (C=O) groups is 1. The maximum absolute atomic E-state index is 13.0. The first-order chi connectivity index (χ1) is 16.0. The Morgan fingerprint density at radius 1 is 1.03 bits per heavy atom. The summed E-state index contributed by atoms with van der Waals surface area (Å²) in [6.07, 6.45) is 0. The number of nitrogens with zero attached hydrogens (tertiary/aromatic N) is 5. The molecule has 1 N–H and O–H groups in total. The van der Waals surface area contributed by atoms with Gasteiger partial charge in [0.05, 0.1) is 11.1 Å². The Hall–Kier alpha value is -3.63. The van der Waals surface area contributed by atoms with Crippen LogP contribution in [0.5, 0.6) is 0 Å². The van der Waals surface area contributed by atoms with Gasteiger partial charge in [0.2, 0.25) is 0 Å². The summed E-state index contributed by atoms with van der Waals surface area (Å²) in [7, 11) is 1.52. The molecule has 0 atom stereocenters. The lowest BCUT2D eigenvalue weighted by atomic mass is 10.2. The molecule has 0 unspecified atom stereocenters. The first-order valence-electron chi connectivity index (χ1n) is 10.6. The second kappa shape index (κ2) is 8.72. The third-order valence-electron chi connectivity index (χ3n) is 5.80. The van der Waals surface area contributed by atoms with Crippen molar-refractivity contribution >= 4 is 28.3 Å². The van der Waals surface area contributed by atoms with E-state index >= 15 is 0 Å². The molecule has 3 aromatic heterocycles. The molecule has 5 rings (SSSR count). The van der Waals surface area contributed by atoms with Crippen molar-refractivity contribution in [1.82, 2.24) is 29.3 Å². The minimum absolute atomic E-state index is 0.200. The molecule has 1 amide bonds. The molecule has 168 valence electrons. The summed E-state index contributed by atoms with van der Waals surface area (Å²) >= 11 is 1.64. The number of piperazine rings is 1. The van der Waals surface area contributed by atoms with Crippen molar-refractivity contribution in [2.45, 2.75) is 6.54 Å². The molecule has 0 spiro atoms. The van der Waals surface area contributed by atoms with Crippen molar-refractivity contribution in [2.24, 2.45) is 7.05 Å². The van der Waals surface area contributed by atoms with Crippen LogP contribution in [-0.2, 0) is 13.6 Å². The summed E-state index contributed by atoms with van der Waals surface area (Å²) < 4.78 is 1.24. The van der Waals surface area contributed by atoms with Gasteiger partial charge in [-0.15, -0.1) is 11.3 Å². The normalized spacial score (nSPS) is 14.6. The van der Waals surface area contributed by atoms with Crippen molar-refractivity contribution in [3.8, 4) is 10.6 Å². The smallest absolute Gasteiger partial charge is 0.329 e. The Morgan fingerprint density at radius 3 is 2.55 bits per heavy atom. The van der Waals surface area contributed by atoms with Crippen LogP contribution in [0.3, 0.4) is 0 Å². The van der Waals surface area contributed by atoms with Gasteiger partial charge in [-0.05, 0) is 12.1 Å². The van der Waals surface area contributed by atoms with Gasteiger partial charge < -0.3 is 4.90 Å². The average molecular weight is 463 g/mol. The van der Waals surface area contributed by atoms with Crippen molar-refractivity contribution in [1.29, 1.82) is 0 Å². The highest BCUT2D eigenvalue weighted by atomic mass is 32.1. The van der Waals surface area contributed by atoms with Gasteiger partial charge in [-0.2, -0.15) is 0 Å². The largest absolute Gasteiger partial charge is 0.335 e. The van der Waals surface area contributed by atoms with E-state index in [9.17, 15) is 14.4 Å². The number of aromatic amines is 1. The molecule has 0 saturated carbocycles. The van der Waals surface area contributed by atoms with Crippen molar-refractivity contribution in [2.75, 3.05) is 26.2 Å². The van der Waals surface area contributed by atoms with Gasteiger partial charge in [0, 0.05) is 50.7 Å². The van der Waals surface area contributed by atoms with Crippen LogP contribution >= 0.6 is 11.3 Å². The van der Waals surface area contributed by atoms with Crippen LogP contribution in [0.2, 0.25) is 0 Å². The number of H-pyrrole nitrogens is 1. The lowest BCUT2D eigenvalue weighted by molar-refractivity contribution is 0.0622. The Labute approximate surface area is 193 Å². The van der Waals surface area contributed by atoms with Crippen LogP contribution < -0.4 is 11.2 Å². The third kappa shape index (κ3) is 4.22. The quantitative estimate of drug-likeness (QED) is 0.495.